The molecule has 2 heterocycles. The largest absolute Gasteiger partial charge is 0.416 e. The standard InChI is InChI=1S/C25H28BrF3N4O3/c26-21-5-4-18(13-30-21)24(36)9-6-20(7-10-24)33-11-8-19(15-33)32-22(34)14-31-23(35)16-2-1-3-17(12-16)25(27,28)29/h1-5,12-13,19-20,36H,6-11,14-15H2,(H,31,35)(H,32,34)/t19-,20?,24?/m1/s1. The molecule has 2 aliphatic rings. The maximum atomic E-state index is 12.9. The summed E-state index contributed by atoms with van der Waals surface area (Å²) in [5.41, 5.74) is -1.13. The molecule has 1 aliphatic heterocycles. The maximum Gasteiger partial charge on any atom is 0.416 e. The zero-order chi connectivity index (χ0) is 25.9. The maximum absolute atomic E-state index is 12.9. The van der Waals surface area contributed by atoms with Crippen LogP contribution in [-0.2, 0) is 16.6 Å². The van der Waals surface area contributed by atoms with Gasteiger partial charge < -0.3 is 15.7 Å². The Labute approximate surface area is 215 Å². The number of benzene rings is 1. The lowest BCUT2D eigenvalue weighted by Crippen LogP contribution is -2.45. The first kappa shape index (κ1) is 26.6. The molecular weight excluding hydrogens is 541 g/mol. The van der Waals surface area contributed by atoms with Gasteiger partial charge in [0.1, 0.15) is 4.60 Å². The molecule has 0 bridgehead atoms. The number of amides is 2. The quantitative estimate of drug-likeness (QED) is 0.463. The first-order chi connectivity index (χ1) is 17.0. The van der Waals surface area contributed by atoms with Crippen LogP contribution in [0.1, 0.15) is 53.6 Å². The Balaban J connectivity index is 1.21. The van der Waals surface area contributed by atoms with Gasteiger partial charge in [-0.2, -0.15) is 13.2 Å². The molecule has 194 valence electrons. The van der Waals surface area contributed by atoms with E-state index in [1.807, 2.05) is 12.1 Å². The van der Waals surface area contributed by atoms with E-state index < -0.39 is 23.2 Å². The third kappa shape index (κ3) is 6.43. The number of carbonyl (C=O) groups is 2. The van der Waals surface area contributed by atoms with Crippen molar-refractivity contribution in [3.8, 4) is 0 Å². The highest BCUT2D eigenvalue weighted by atomic mass is 79.9. The van der Waals surface area contributed by atoms with Crippen LogP contribution >= 0.6 is 15.9 Å². The zero-order valence-corrected chi connectivity index (χ0v) is 21.1. The van der Waals surface area contributed by atoms with Gasteiger partial charge in [0, 0.05) is 42.5 Å². The van der Waals surface area contributed by atoms with Gasteiger partial charge >= 0.3 is 6.18 Å². The van der Waals surface area contributed by atoms with Crippen molar-refractivity contribution in [1.82, 2.24) is 20.5 Å². The van der Waals surface area contributed by atoms with Crippen LogP contribution in [0.2, 0.25) is 0 Å². The molecule has 1 aromatic heterocycles. The molecule has 7 nitrogen and oxygen atoms in total. The number of rotatable bonds is 6. The Morgan fingerprint density at radius 3 is 2.58 bits per heavy atom. The van der Waals surface area contributed by atoms with Crippen LogP contribution in [0.5, 0.6) is 0 Å². The molecule has 0 unspecified atom stereocenters. The third-order valence-corrected chi connectivity index (χ3v) is 7.48. The summed E-state index contributed by atoms with van der Waals surface area (Å²) in [7, 11) is 0. The second-order valence-electron chi connectivity index (χ2n) is 9.44. The minimum absolute atomic E-state index is 0.0700. The van der Waals surface area contributed by atoms with Gasteiger partial charge in [0.2, 0.25) is 5.91 Å². The van der Waals surface area contributed by atoms with Gasteiger partial charge in [-0.1, -0.05) is 12.1 Å². The number of likely N-dealkylation sites (tertiary alicyclic amines) is 1. The molecular formula is C25H28BrF3N4O3. The highest BCUT2D eigenvalue weighted by molar-refractivity contribution is 9.10. The minimum Gasteiger partial charge on any atom is -0.385 e. The highest BCUT2D eigenvalue weighted by Gasteiger charge is 2.39. The summed E-state index contributed by atoms with van der Waals surface area (Å²) in [4.78, 5) is 31.1. The Hall–Kier alpha value is -2.50. The number of aromatic nitrogens is 1. The van der Waals surface area contributed by atoms with Crippen molar-refractivity contribution < 1.29 is 27.9 Å². The van der Waals surface area contributed by atoms with Gasteiger partial charge in [-0.25, -0.2) is 4.98 Å². The summed E-state index contributed by atoms with van der Waals surface area (Å²) in [5.74, 6) is -1.12. The van der Waals surface area contributed by atoms with E-state index in [-0.39, 0.29) is 24.1 Å². The first-order valence-electron chi connectivity index (χ1n) is 11.9. The Morgan fingerprint density at radius 2 is 1.92 bits per heavy atom. The number of nitrogens with one attached hydrogen (secondary N) is 2. The Morgan fingerprint density at radius 1 is 1.17 bits per heavy atom. The summed E-state index contributed by atoms with van der Waals surface area (Å²) < 4.78 is 39.3. The average molecular weight is 569 g/mol. The van der Waals surface area contributed by atoms with Crippen molar-refractivity contribution in [2.45, 2.75) is 56.0 Å². The molecule has 1 saturated carbocycles. The fourth-order valence-electron chi connectivity index (χ4n) is 5.00. The second kappa shape index (κ2) is 10.9. The van der Waals surface area contributed by atoms with E-state index in [9.17, 15) is 27.9 Å². The monoisotopic (exact) mass is 568 g/mol. The number of carbonyl (C=O) groups excluding carboxylic acids is 2. The van der Waals surface area contributed by atoms with Crippen molar-refractivity contribution >= 4 is 27.7 Å². The summed E-state index contributed by atoms with van der Waals surface area (Å²) in [6, 6.07) is 8.05. The lowest BCUT2D eigenvalue weighted by Gasteiger charge is -2.39. The van der Waals surface area contributed by atoms with Gasteiger partial charge in [0.05, 0.1) is 17.7 Å². The molecule has 2 amide bonds. The molecule has 1 atom stereocenters. The van der Waals surface area contributed by atoms with E-state index in [1.54, 1.807) is 6.20 Å². The molecule has 0 spiro atoms. The summed E-state index contributed by atoms with van der Waals surface area (Å²) in [5, 5.41) is 16.4. The van der Waals surface area contributed by atoms with Crippen LogP contribution in [0.3, 0.4) is 0 Å². The number of aliphatic hydroxyl groups is 1. The van der Waals surface area contributed by atoms with E-state index in [0.29, 0.717) is 25.4 Å². The Kier molecular flexibility index (Phi) is 8.01. The van der Waals surface area contributed by atoms with Crippen LogP contribution in [-0.4, -0.2) is 58.5 Å². The number of alkyl halides is 3. The van der Waals surface area contributed by atoms with Crippen LogP contribution in [0.15, 0.2) is 47.2 Å². The Bertz CT molecular complexity index is 1090. The van der Waals surface area contributed by atoms with Crippen LogP contribution < -0.4 is 10.6 Å². The third-order valence-electron chi connectivity index (χ3n) is 7.01. The molecule has 2 aromatic rings. The fraction of sp³-hybridized carbons (Fsp3) is 0.480. The number of pyridine rings is 1. The molecule has 11 heteroatoms. The smallest absolute Gasteiger partial charge is 0.385 e. The van der Waals surface area contributed by atoms with Crippen molar-refractivity contribution in [1.29, 1.82) is 0 Å². The SMILES string of the molecule is O=C(CNC(=O)c1cccc(C(F)(F)F)c1)N[C@@H]1CCN(C2CCC(O)(c3ccc(Br)nc3)CC2)C1. The lowest BCUT2D eigenvalue weighted by molar-refractivity contribution is -0.137. The van der Waals surface area contributed by atoms with E-state index in [2.05, 4.69) is 36.4 Å². The van der Waals surface area contributed by atoms with Gasteiger partial charge in [-0.3, -0.25) is 14.5 Å². The van der Waals surface area contributed by atoms with E-state index >= 15 is 0 Å². The summed E-state index contributed by atoms with van der Waals surface area (Å²) >= 11 is 3.31. The minimum atomic E-state index is -4.55. The van der Waals surface area contributed by atoms with Crippen molar-refractivity contribution in [2.75, 3.05) is 19.6 Å². The number of hydrogen-bond donors (Lipinski definition) is 3. The van der Waals surface area contributed by atoms with E-state index in [1.165, 1.54) is 6.07 Å². The van der Waals surface area contributed by atoms with Gasteiger partial charge in [0.15, 0.2) is 0 Å². The molecule has 3 N–H and O–H groups in total. The average Bonchev–Trinajstić information content (AvgIpc) is 3.31. The molecule has 36 heavy (non-hydrogen) atoms. The predicted octanol–water partition coefficient (Wildman–Crippen LogP) is 3.61. The van der Waals surface area contributed by atoms with Crippen LogP contribution in [0.25, 0.3) is 0 Å². The lowest BCUT2D eigenvalue weighted by atomic mass is 9.78. The highest BCUT2D eigenvalue weighted by Crippen LogP contribution is 2.39. The van der Waals surface area contributed by atoms with Crippen LogP contribution in [0, 0.1) is 0 Å². The fourth-order valence-corrected chi connectivity index (χ4v) is 5.23. The van der Waals surface area contributed by atoms with Crippen molar-refractivity contribution in [3.05, 3.63) is 63.9 Å². The molecule has 1 aliphatic carbocycles. The molecule has 1 aromatic carbocycles. The molecule has 1 saturated heterocycles. The van der Waals surface area contributed by atoms with Crippen LogP contribution in [0.4, 0.5) is 13.2 Å². The molecule has 2 fully saturated rings. The second-order valence-corrected chi connectivity index (χ2v) is 10.3. The number of nitrogens with zero attached hydrogens (tertiary/aromatic N) is 2. The first-order valence-corrected chi connectivity index (χ1v) is 12.7. The number of halogens is 4. The van der Waals surface area contributed by atoms with E-state index in [4.69, 9.17) is 0 Å². The normalized spacial score (nSPS) is 24.9. The topological polar surface area (TPSA) is 94.6 Å². The number of hydrogen-bond acceptors (Lipinski definition) is 5. The summed E-state index contributed by atoms with van der Waals surface area (Å²) in [6.45, 7) is 1.18. The molecule has 0 radical (unpaired) electrons. The van der Waals surface area contributed by atoms with E-state index in [0.717, 1.165) is 54.2 Å². The summed E-state index contributed by atoms with van der Waals surface area (Å²) in [6.07, 6.45) is 0.865. The van der Waals surface area contributed by atoms with Gasteiger partial charge in [-0.05, 0) is 72.3 Å². The predicted molar refractivity (Wildman–Crippen MR) is 130 cm³/mol. The zero-order valence-electron chi connectivity index (χ0n) is 19.5. The van der Waals surface area contributed by atoms with Gasteiger partial charge in [0.25, 0.3) is 5.91 Å². The van der Waals surface area contributed by atoms with Gasteiger partial charge in [-0.15, -0.1) is 0 Å². The molecule has 4 rings (SSSR count). The van der Waals surface area contributed by atoms with Crippen molar-refractivity contribution in [2.24, 2.45) is 0 Å². The van der Waals surface area contributed by atoms with Crippen molar-refractivity contribution in [3.63, 3.8) is 0 Å².